The summed E-state index contributed by atoms with van der Waals surface area (Å²) >= 11 is 0. The van der Waals surface area contributed by atoms with Gasteiger partial charge < -0.3 is 4.74 Å². The van der Waals surface area contributed by atoms with E-state index in [1.54, 1.807) is 7.11 Å². The molecule has 0 spiro atoms. The fourth-order valence-corrected chi connectivity index (χ4v) is 0.916. The van der Waals surface area contributed by atoms with E-state index in [4.69, 9.17) is 4.74 Å². The van der Waals surface area contributed by atoms with Gasteiger partial charge in [-0.2, -0.15) is 0 Å². The molecule has 0 saturated heterocycles. The Hall–Kier alpha value is -1.12. The van der Waals surface area contributed by atoms with Gasteiger partial charge in [0.15, 0.2) is 5.90 Å². The Kier molecular flexibility index (Phi) is 2.41. The molecule has 11 heavy (non-hydrogen) atoms. The molecular weight excluding hydrogens is 140 g/mol. The lowest BCUT2D eigenvalue weighted by molar-refractivity contribution is 0.396. The Bertz CT molecular complexity index is 238. The highest BCUT2D eigenvalue weighted by atomic mass is 16.5. The van der Waals surface area contributed by atoms with Crippen LogP contribution in [0.1, 0.15) is 20.3 Å². The van der Waals surface area contributed by atoms with E-state index in [0.29, 0.717) is 0 Å². The molecule has 0 aromatic carbocycles. The Balaban J connectivity index is 2.85. The lowest BCUT2D eigenvalue weighted by atomic mass is 10.3. The summed E-state index contributed by atoms with van der Waals surface area (Å²) in [6, 6.07) is 0. The normalized spacial score (nSPS) is 17.9. The number of allylic oxidation sites excluding steroid dienone is 1. The molecule has 0 aromatic rings. The van der Waals surface area contributed by atoms with Crippen LogP contribution in [0.25, 0.3) is 0 Å². The van der Waals surface area contributed by atoms with Crippen LogP contribution in [0.2, 0.25) is 0 Å². The van der Waals surface area contributed by atoms with Crippen molar-refractivity contribution in [3.05, 3.63) is 11.8 Å². The number of hydrogen-bond acceptors (Lipinski definition) is 3. The minimum absolute atomic E-state index is 0.725. The summed E-state index contributed by atoms with van der Waals surface area (Å²) in [6.07, 6.45) is 2.74. The molecule has 0 atom stereocenters. The van der Waals surface area contributed by atoms with Gasteiger partial charge in [-0.15, -0.1) is 0 Å². The number of aliphatic imine (C=N–C) groups is 2. The molecule has 0 fully saturated rings. The molecule has 0 aliphatic carbocycles. The van der Waals surface area contributed by atoms with Crippen molar-refractivity contribution in [3.63, 3.8) is 0 Å². The number of amidine groups is 1. The van der Waals surface area contributed by atoms with Crippen LogP contribution in [-0.4, -0.2) is 18.8 Å². The Morgan fingerprint density at radius 3 is 2.73 bits per heavy atom. The van der Waals surface area contributed by atoms with Gasteiger partial charge in [-0.05, 0) is 13.8 Å². The maximum atomic E-state index is 5.01. The first kappa shape index (κ1) is 7.98. The molecule has 0 radical (unpaired) electrons. The van der Waals surface area contributed by atoms with Crippen LogP contribution < -0.4 is 0 Å². The summed E-state index contributed by atoms with van der Waals surface area (Å²) in [6.45, 7) is 3.82. The maximum absolute atomic E-state index is 5.01. The van der Waals surface area contributed by atoms with Crippen LogP contribution in [0, 0.1) is 0 Å². The molecule has 0 N–H and O–H groups in total. The minimum Gasteiger partial charge on any atom is -0.484 e. The maximum Gasteiger partial charge on any atom is 0.193 e. The van der Waals surface area contributed by atoms with Gasteiger partial charge in [-0.3, -0.25) is 0 Å². The quantitative estimate of drug-likeness (QED) is 0.520. The topological polar surface area (TPSA) is 34.0 Å². The van der Waals surface area contributed by atoms with E-state index in [9.17, 15) is 0 Å². The molecule has 1 rings (SSSR count). The van der Waals surface area contributed by atoms with Crippen LogP contribution >= 0.6 is 0 Å². The van der Waals surface area contributed by atoms with Crippen LogP contribution in [0.5, 0.6) is 0 Å². The van der Waals surface area contributed by atoms with E-state index in [-0.39, 0.29) is 0 Å². The molecule has 3 heteroatoms. The summed E-state index contributed by atoms with van der Waals surface area (Å²) in [5, 5.41) is 0. The molecule has 0 aromatic heterocycles. The molecular formula is C8H12N2O. The standard InChI is InChI=1S/C8H12N2O/c1-6-4-5-8(11-3)10-7(2)9-6/h4H,5H2,1-3H3. The van der Waals surface area contributed by atoms with Gasteiger partial charge in [0.05, 0.1) is 7.11 Å². The van der Waals surface area contributed by atoms with E-state index >= 15 is 0 Å². The van der Waals surface area contributed by atoms with Gasteiger partial charge in [-0.25, -0.2) is 9.98 Å². The summed E-state index contributed by atoms with van der Waals surface area (Å²) in [5.74, 6) is 1.48. The van der Waals surface area contributed by atoms with Crippen molar-refractivity contribution >= 4 is 11.7 Å². The highest BCUT2D eigenvalue weighted by Gasteiger charge is 2.01. The first-order chi connectivity index (χ1) is 5.22. The summed E-state index contributed by atoms with van der Waals surface area (Å²) in [5.41, 5.74) is 0.998. The van der Waals surface area contributed by atoms with E-state index in [1.807, 2.05) is 19.9 Å². The van der Waals surface area contributed by atoms with Gasteiger partial charge in [0.25, 0.3) is 0 Å². The smallest absolute Gasteiger partial charge is 0.193 e. The third kappa shape index (κ3) is 2.18. The number of nitrogens with zero attached hydrogens (tertiary/aromatic N) is 2. The predicted molar refractivity (Wildman–Crippen MR) is 45.9 cm³/mol. The van der Waals surface area contributed by atoms with Crippen molar-refractivity contribution in [2.45, 2.75) is 20.3 Å². The van der Waals surface area contributed by atoms with Crippen LogP contribution in [-0.2, 0) is 4.74 Å². The van der Waals surface area contributed by atoms with E-state index < -0.39 is 0 Å². The average molecular weight is 152 g/mol. The molecule has 0 amide bonds. The Labute approximate surface area is 66.5 Å². The molecule has 0 unspecified atom stereocenters. The average Bonchev–Trinajstić information content (AvgIpc) is 2.11. The van der Waals surface area contributed by atoms with E-state index in [2.05, 4.69) is 9.98 Å². The first-order valence-electron chi connectivity index (χ1n) is 3.56. The zero-order valence-electron chi connectivity index (χ0n) is 7.09. The number of ether oxygens (including phenoxy) is 1. The highest BCUT2D eigenvalue weighted by Crippen LogP contribution is 2.05. The van der Waals surface area contributed by atoms with Gasteiger partial charge in [0.2, 0.25) is 0 Å². The second-order valence-corrected chi connectivity index (χ2v) is 2.42. The zero-order chi connectivity index (χ0) is 8.27. The third-order valence-electron chi connectivity index (χ3n) is 1.43. The summed E-state index contributed by atoms with van der Waals surface area (Å²) in [7, 11) is 1.63. The second-order valence-electron chi connectivity index (χ2n) is 2.42. The van der Waals surface area contributed by atoms with Crippen LogP contribution in [0.3, 0.4) is 0 Å². The molecule has 3 nitrogen and oxygen atoms in total. The highest BCUT2D eigenvalue weighted by molar-refractivity contribution is 5.95. The third-order valence-corrected chi connectivity index (χ3v) is 1.43. The van der Waals surface area contributed by atoms with Gasteiger partial charge >= 0.3 is 0 Å². The molecule has 0 saturated carbocycles. The fraction of sp³-hybridized carbons (Fsp3) is 0.500. The SMILES string of the molecule is COC1=NC(C)=NC(C)=CC1. The van der Waals surface area contributed by atoms with Gasteiger partial charge in [0, 0.05) is 12.1 Å². The van der Waals surface area contributed by atoms with Crippen molar-refractivity contribution < 1.29 is 4.74 Å². The van der Waals surface area contributed by atoms with Crippen LogP contribution in [0.15, 0.2) is 21.8 Å². The lowest BCUT2D eigenvalue weighted by Gasteiger charge is -1.97. The van der Waals surface area contributed by atoms with Crippen LogP contribution in [0.4, 0.5) is 0 Å². The number of methoxy groups -OCH3 is 1. The van der Waals surface area contributed by atoms with Crippen molar-refractivity contribution in [2.75, 3.05) is 7.11 Å². The summed E-state index contributed by atoms with van der Waals surface area (Å²) in [4.78, 5) is 8.32. The van der Waals surface area contributed by atoms with Crippen molar-refractivity contribution in [2.24, 2.45) is 9.98 Å². The van der Waals surface area contributed by atoms with Gasteiger partial charge in [-0.1, -0.05) is 6.08 Å². The molecule has 0 bridgehead atoms. The zero-order valence-corrected chi connectivity index (χ0v) is 7.09. The Morgan fingerprint density at radius 1 is 1.36 bits per heavy atom. The molecule has 1 heterocycles. The Morgan fingerprint density at radius 2 is 2.09 bits per heavy atom. The fourth-order valence-electron chi connectivity index (χ4n) is 0.916. The summed E-state index contributed by atoms with van der Waals surface area (Å²) < 4.78 is 5.01. The van der Waals surface area contributed by atoms with E-state index in [1.165, 1.54) is 0 Å². The van der Waals surface area contributed by atoms with Crippen molar-refractivity contribution in [1.29, 1.82) is 0 Å². The van der Waals surface area contributed by atoms with Gasteiger partial charge in [0.1, 0.15) is 5.84 Å². The number of rotatable bonds is 0. The predicted octanol–water partition coefficient (Wildman–Crippen LogP) is 1.76. The second kappa shape index (κ2) is 3.32. The molecule has 1 aliphatic rings. The monoisotopic (exact) mass is 152 g/mol. The van der Waals surface area contributed by atoms with Crippen molar-refractivity contribution in [3.8, 4) is 0 Å². The first-order valence-corrected chi connectivity index (χ1v) is 3.56. The molecule has 60 valence electrons. The lowest BCUT2D eigenvalue weighted by Crippen LogP contribution is -2.00. The van der Waals surface area contributed by atoms with Crippen molar-refractivity contribution in [1.82, 2.24) is 0 Å². The number of hydrogen-bond donors (Lipinski definition) is 0. The minimum atomic E-state index is 0.725. The molecule has 1 aliphatic heterocycles. The largest absolute Gasteiger partial charge is 0.484 e. The van der Waals surface area contributed by atoms with E-state index in [0.717, 1.165) is 23.9 Å².